The third-order valence-electron chi connectivity index (χ3n) is 2.73. The fourth-order valence-electron chi connectivity index (χ4n) is 1.51. The molecule has 98 valence electrons. The third kappa shape index (κ3) is 3.49. The van der Waals surface area contributed by atoms with Crippen LogP contribution in [0.5, 0.6) is 0 Å². The van der Waals surface area contributed by atoms with Crippen LogP contribution in [0.4, 0.5) is 5.69 Å². The minimum Gasteiger partial charge on any atom is -0.399 e. The number of anilines is 1. The number of rotatable bonds is 5. The predicted molar refractivity (Wildman–Crippen MR) is 73.4 cm³/mol. The number of nitrogens with two attached hydrogens (primary N) is 1. The summed E-state index contributed by atoms with van der Waals surface area (Å²) >= 11 is 0. The summed E-state index contributed by atoms with van der Waals surface area (Å²) in [4.78, 5) is 0.213. The Bertz CT molecular complexity index is 559. The molecule has 0 aliphatic rings. The van der Waals surface area contributed by atoms with Crippen molar-refractivity contribution in [2.75, 3.05) is 5.73 Å². The van der Waals surface area contributed by atoms with Crippen molar-refractivity contribution in [3.8, 4) is 12.3 Å². The summed E-state index contributed by atoms with van der Waals surface area (Å²) in [6.07, 6.45) is 6.23. The molecule has 4 nitrogen and oxygen atoms in total. The van der Waals surface area contributed by atoms with E-state index in [1.165, 1.54) is 6.07 Å². The molecule has 5 heteroatoms. The van der Waals surface area contributed by atoms with Crippen molar-refractivity contribution >= 4 is 15.7 Å². The van der Waals surface area contributed by atoms with Crippen molar-refractivity contribution in [3.05, 3.63) is 23.8 Å². The topological polar surface area (TPSA) is 72.2 Å². The van der Waals surface area contributed by atoms with Gasteiger partial charge in [0.1, 0.15) is 0 Å². The number of hydrogen-bond donors (Lipinski definition) is 2. The van der Waals surface area contributed by atoms with Crippen LogP contribution in [-0.4, -0.2) is 14.5 Å². The lowest BCUT2D eigenvalue weighted by molar-refractivity contribution is 0.544. The highest BCUT2D eigenvalue weighted by molar-refractivity contribution is 7.89. The Hall–Kier alpha value is -1.51. The van der Waals surface area contributed by atoms with E-state index in [2.05, 4.69) is 10.6 Å². The first-order valence-corrected chi connectivity index (χ1v) is 7.21. The lowest BCUT2D eigenvalue weighted by Gasteiger charge is -2.15. The molecular weight excluding hydrogens is 248 g/mol. The Morgan fingerprint density at radius 3 is 2.67 bits per heavy atom. The van der Waals surface area contributed by atoms with Crippen LogP contribution < -0.4 is 10.5 Å². The number of terminal acetylenes is 1. The van der Waals surface area contributed by atoms with Crippen LogP contribution in [0, 0.1) is 19.3 Å². The number of nitrogen functional groups attached to an aromatic ring is 1. The molecular formula is C13H18N2O2S. The van der Waals surface area contributed by atoms with E-state index in [1.807, 2.05) is 6.92 Å². The molecule has 0 spiro atoms. The molecule has 0 aliphatic carbocycles. The van der Waals surface area contributed by atoms with E-state index in [9.17, 15) is 8.42 Å². The lowest BCUT2D eigenvalue weighted by Crippen LogP contribution is -2.34. The Morgan fingerprint density at radius 2 is 2.17 bits per heavy atom. The summed E-state index contributed by atoms with van der Waals surface area (Å²) < 4.78 is 26.8. The first-order valence-electron chi connectivity index (χ1n) is 5.72. The van der Waals surface area contributed by atoms with Gasteiger partial charge < -0.3 is 5.73 Å². The predicted octanol–water partition coefficient (Wildman–Crippen LogP) is 1.66. The second-order valence-electron chi connectivity index (χ2n) is 4.15. The van der Waals surface area contributed by atoms with E-state index in [1.54, 1.807) is 19.1 Å². The van der Waals surface area contributed by atoms with Gasteiger partial charge in [-0.15, -0.1) is 12.3 Å². The van der Waals surface area contributed by atoms with Crippen molar-refractivity contribution in [2.45, 2.75) is 37.6 Å². The zero-order valence-electron chi connectivity index (χ0n) is 10.6. The van der Waals surface area contributed by atoms with Gasteiger partial charge in [-0.05, 0) is 37.1 Å². The summed E-state index contributed by atoms with van der Waals surface area (Å²) in [6.45, 7) is 3.66. The van der Waals surface area contributed by atoms with E-state index in [0.29, 0.717) is 18.5 Å². The van der Waals surface area contributed by atoms with Gasteiger partial charge in [0.15, 0.2) is 0 Å². The van der Waals surface area contributed by atoms with E-state index in [4.69, 9.17) is 12.2 Å². The molecule has 1 aromatic rings. The first-order chi connectivity index (χ1) is 8.40. The van der Waals surface area contributed by atoms with E-state index >= 15 is 0 Å². The molecule has 0 radical (unpaired) electrons. The molecule has 1 atom stereocenters. The summed E-state index contributed by atoms with van der Waals surface area (Å²) in [5.74, 6) is 2.47. The zero-order chi connectivity index (χ0) is 13.8. The fraction of sp³-hybridized carbons (Fsp3) is 0.385. The largest absolute Gasteiger partial charge is 0.399 e. The van der Waals surface area contributed by atoms with Crippen LogP contribution in [0.2, 0.25) is 0 Å². The smallest absolute Gasteiger partial charge is 0.240 e. The quantitative estimate of drug-likeness (QED) is 0.629. The third-order valence-corrected chi connectivity index (χ3v) is 4.25. The second-order valence-corrected chi connectivity index (χ2v) is 5.87. The van der Waals surface area contributed by atoms with Gasteiger partial charge in [-0.2, -0.15) is 0 Å². The van der Waals surface area contributed by atoms with Crippen LogP contribution in [0.1, 0.15) is 25.3 Å². The number of aryl methyl sites for hydroxylation is 1. The molecule has 1 unspecified atom stereocenters. The van der Waals surface area contributed by atoms with Crippen molar-refractivity contribution in [1.82, 2.24) is 4.72 Å². The van der Waals surface area contributed by atoms with Crippen molar-refractivity contribution in [1.29, 1.82) is 0 Å². The molecule has 0 aromatic heterocycles. The number of nitrogens with one attached hydrogen (secondary N) is 1. The standard InChI is InChI=1S/C13H18N2O2S/c1-4-6-11(5-2)15-18(16,17)12-7-8-13(14)10(3)9-12/h1,7-9,11,15H,5-6,14H2,2-3H3. The highest BCUT2D eigenvalue weighted by atomic mass is 32.2. The van der Waals surface area contributed by atoms with E-state index in [0.717, 1.165) is 5.56 Å². The van der Waals surface area contributed by atoms with Gasteiger partial charge in [0, 0.05) is 18.2 Å². The highest BCUT2D eigenvalue weighted by Gasteiger charge is 2.18. The van der Waals surface area contributed by atoms with Gasteiger partial charge in [0.25, 0.3) is 0 Å². The van der Waals surface area contributed by atoms with Gasteiger partial charge in [-0.25, -0.2) is 13.1 Å². The van der Waals surface area contributed by atoms with Crippen LogP contribution in [0.15, 0.2) is 23.1 Å². The second kappa shape index (κ2) is 5.89. The van der Waals surface area contributed by atoms with Crippen LogP contribution >= 0.6 is 0 Å². The number of sulfonamides is 1. The molecule has 0 fully saturated rings. The van der Waals surface area contributed by atoms with Crippen molar-refractivity contribution in [3.63, 3.8) is 0 Å². The molecule has 1 aromatic carbocycles. The van der Waals surface area contributed by atoms with Crippen molar-refractivity contribution < 1.29 is 8.42 Å². The summed E-state index contributed by atoms with van der Waals surface area (Å²) in [5.41, 5.74) is 6.98. The fourth-order valence-corrected chi connectivity index (χ4v) is 2.92. The monoisotopic (exact) mass is 266 g/mol. The SMILES string of the molecule is C#CCC(CC)NS(=O)(=O)c1ccc(N)c(C)c1. The molecule has 0 heterocycles. The Labute approximate surface area is 109 Å². The van der Waals surface area contributed by atoms with Gasteiger partial charge in [0.2, 0.25) is 10.0 Å². The average molecular weight is 266 g/mol. The maximum Gasteiger partial charge on any atom is 0.240 e. The molecule has 0 saturated carbocycles. The van der Waals surface area contributed by atoms with Crippen LogP contribution in [-0.2, 0) is 10.0 Å². The summed E-state index contributed by atoms with van der Waals surface area (Å²) in [7, 11) is -3.53. The molecule has 1 rings (SSSR count). The minimum atomic E-state index is -3.53. The zero-order valence-corrected chi connectivity index (χ0v) is 11.4. The van der Waals surface area contributed by atoms with Crippen LogP contribution in [0.3, 0.4) is 0 Å². The highest BCUT2D eigenvalue weighted by Crippen LogP contribution is 2.17. The maximum absolute atomic E-state index is 12.1. The Balaban J connectivity index is 2.99. The van der Waals surface area contributed by atoms with Gasteiger partial charge in [-0.3, -0.25) is 0 Å². The van der Waals surface area contributed by atoms with Gasteiger partial charge >= 0.3 is 0 Å². The molecule has 3 N–H and O–H groups in total. The number of benzene rings is 1. The summed E-state index contributed by atoms with van der Waals surface area (Å²) in [5, 5.41) is 0. The molecule has 0 amide bonds. The summed E-state index contributed by atoms with van der Waals surface area (Å²) in [6, 6.07) is 4.40. The first kappa shape index (κ1) is 14.6. The molecule has 0 bridgehead atoms. The average Bonchev–Trinajstić information content (AvgIpc) is 2.31. The van der Waals surface area contributed by atoms with Crippen LogP contribution in [0.25, 0.3) is 0 Å². The van der Waals surface area contributed by atoms with E-state index in [-0.39, 0.29) is 10.9 Å². The normalized spacial score (nSPS) is 12.9. The Morgan fingerprint density at radius 1 is 1.50 bits per heavy atom. The Kier molecular flexibility index (Phi) is 4.76. The van der Waals surface area contributed by atoms with Gasteiger partial charge in [0.05, 0.1) is 4.90 Å². The van der Waals surface area contributed by atoms with Crippen molar-refractivity contribution in [2.24, 2.45) is 0 Å². The number of hydrogen-bond acceptors (Lipinski definition) is 3. The lowest BCUT2D eigenvalue weighted by atomic mass is 10.2. The van der Waals surface area contributed by atoms with Gasteiger partial charge in [-0.1, -0.05) is 6.92 Å². The molecule has 18 heavy (non-hydrogen) atoms. The minimum absolute atomic E-state index is 0.213. The molecule has 0 aliphatic heterocycles. The molecule has 0 saturated heterocycles. The van der Waals surface area contributed by atoms with E-state index < -0.39 is 10.0 Å². The maximum atomic E-state index is 12.1.